The second-order valence-electron chi connectivity index (χ2n) is 7.78. The van der Waals surface area contributed by atoms with E-state index in [1.807, 2.05) is 18.3 Å². The van der Waals surface area contributed by atoms with Gasteiger partial charge in [-0.2, -0.15) is 0 Å². The van der Waals surface area contributed by atoms with Gasteiger partial charge in [-0.3, -0.25) is 14.8 Å². The molecule has 3 heterocycles. The van der Waals surface area contributed by atoms with Gasteiger partial charge in [-0.1, -0.05) is 0 Å². The van der Waals surface area contributed by atoms with Gasteiger partial charge in [-0.15, -0.1) is 0 Å². The van der Waals surface area contributed by atoms with Crippen LogP contribution in [0, 0.1) is 0 Å². The predicted molar refractivity (Wildman–Crippen MR) is 119 cm³/mol. The Kier molecular flexibility index (Phi) is 6.29. The summed E-state index contributed by atoms with van der Waals surface area (Å²) < 4.78 is 5.43. The zero-order valence-electron chi connectivity index (χ0n) is 17.3. The third-order valence-corrected chi connectivity index (χ3v) is 5.64. The molecule has 4 rings (SSSR count). The van der Waals surface area contributed by atoms with Crippen LogP contribution in [-0.4, -0.2) is 59.4 Å². The number of hydrogen-bond acceptors (Lipinski definition) is 7. The van der Waals surface area contributed by atoms with Crippen LogP contribution in [0.4, 0.5) is 5.69 Å². The van der Waals surface area contributed by atoms with E-state index in [9.17, 15) is 9.90 Å². The van der Waals surface area contributed by atoms with Crippen LogP contribution in [0.25, 0.3) is 10.9 Å². The lowest BCUT2D eigenvalue weighted by Gasteiger charge is -2.39. The lowest BCUT2D eigenvalue weighted by molar-refractivity contribution is 0.0166. The number of carbonyl (C=O) groups is 1. The van der Waals surface area contributed by atoms with Gasteiger partial charge in [0.1, 0.15) is 12.4 Å². The highest BCUT2D eigenvalue weighted by Crippen LogP contribution is 2.30. The molecule has 4 N–H and O–H groups in total. The molecule has 0 saturated carbocycles. The maximum atomic E-state index is 12.5. The normalized spacial score (nSPS) is 15.6. The van der Waals surface area contributed by atoms with Gasteiger partial charge >= 0.3 is 0 Å². The molecule has 1 aliphatic rings. The fourth-order valence-corrected chi connectivity index (χ4v) is 3.82. The molecule has 0 unspecified atom stereocenters. The van der Waals surface area contributed by atoms with E-state index in [-0.39, 0.29) is 12.5 Å². The first kappa shape index (κ1) is 21.0. The summed E-state index contributed by atoms with van der Waals surface area (Å²) >= 11 is 0. The average molecular weight is 422 g/mol. The number of benzene rings is 1. The van der Waals surface area contributed by atoms with Gasteiger partial charge in [0.25, 0.3) is 5.91 Å². The first-order valence-corrected chi connectivity index (χ1v) is 10.5. The smallest absolute Gasteiger partial charge is 0.251 e. The van der Waals surface area contributed by atoms with Crippen molar-refractivity contribution in [3.63, 3.8) is 0 Å². The number of aliphatic hydroxyl groups is 1. The van der Waals surface area contributed by atoms with Crippen molar-refractivity contribution in [2.24, 2.45) is 5.73 Å². The van der Waals surface area contributed by atoms with Gasteiger partial charge in [-0.25, -0.2) is 0 Å². The fourth-order valence-electron chi connectivity index (χ4n) is 3.82. The number of aromatic nitrogens is 2. The molecule has 1 amide bonds. The third kappa shape index (κ3) is 4.92. The van der Waals surface area contributed by atoms with E-state index in [1.54, 1.807) is 36.7 Å². The highest BCUT2D eigenvalue weighted by atomic mass is 16.5. The Balaban J connectivity index is 1.33. The Morgan fingerprint density at radius 1 is 1.16 bits per heavy atom. The van der Waals surface area contributed by atoms with Crippen molar-refractivity contribution in [3.05, 3.63) is 60.6 Å². The third-order valence-electron chi connectivity index (χ3n) is 5.64. The lowest BCUT2D eigenvalue weighted by Crippen LogP contribution is -2.51. The van der Waals surface area contributed by atoms with E-state index in [2.05, 4.69) is 20.2 Å². The van der Waals surface area contributed by atoms with Crippen LogP contribution in [0.5, 0.6) is 5.75 Å². The zero-order valence-corrected chi connectivity index (χ0v) is 17.3. The van der Waals surface area contributed by atoms with Gasteiger partial charge in [0.15, 0.2) is 0 Å². The number of nitrogens with zero attached hydrogens (tertiary/aromatic N) is 3. The van der Waals surface area contributed by atoms with Crippen LogP contribution in [0.2, 0.25) is 0 Å². The molecule has 1 aromatic carbocycles. The second-order valence-corrected chi connectivity index (χ2v) is 7.78. The first-order valence-electron chi connectivity index (χ1n) is 10.5. The molecule has 1 saturated heterocycles. The van der Waals surface area contributed by atoms with E-state index < -0.39 is 5.60 Å². The predicted octanol–water partition coefficient (Wildman–Crippen LogP) is 1.73. The maximum absolute atomic E-state index is 12.5. The van der Waals surface area contributed by atoms with Crippen LogP contribution in [0.15, 0.2) is 55.0 Å². The van der Waals surface area contributed by atoms with Crippen molar-refractivity contribution in [1.29, 1.82) is 0 Å². The number of nitrogens with two attached hydrogens (primary N) is 1. The number of ether oxygens (including phenoxy) is 1. The quantitative estimate of drug-likeness (QED) is 0.532. The number of anilines is 1. The van der Waals surface area contributed by atoms with E-state index >= 15 is 0 Å². The molecule has 162 valence electrons. The number of nitrogens with one attached hydrogen (secondary N) is 1. The average Bonchev–Trinajstić information content (AvgIpc) is 2.82. The number of hydrogen-bond donors (Lipinski definition) is 3. The highest BCUT2D eigenvalue weighted by Gasteiger charge is 2.33. The van der Waals surface area contributed by atoms with Crippen molar-refractivity contribution in [1.82, 2.24) is 15.3 Å². The molecule has 0 atom stereocenters. The Hall–Kier alpha value is -3.23. The molecule has 3 aromatic rings. The summed E-state index contributed by atoms with van der Waals surface area (Å²) in [6, 6.07) is 10.8. The van der Waals surface area contributed by atoms with Crippen molar-refractivity contribution in [2.75, 3.05) is 37.7 Å². The van der Waals surface area contributed by atoms with Crippen LogP contribution in [0.3, 0.4) is 0 Å². The molecule has 8 nitrogen and oxygen atoms in total. The summed E-state index contributed by atoms with van der Waals surface area (Å²) in [7, 11) is 0. The molecule has 1 fully saturated rings. The number of carbonyl (C=O) groups excluding carboxylic acids is 1. The number of piperidine rings is 1. The summed E-state index contributed by atoms with van der Waals surface area (Å²) in [5.74, 6) is 0.458. The van der Waals surface area contributed by atoms with Crippen molar-refractivity contribution < 1.29 is 14.6 Å². The van der Waals surface area contributed by atoms with Crippen LogP contribution in [-0.2, 0) is 0 Å². The molecule has 2 aromatic heterocycles. The summed E-state index contributed by atoms with van der Waals surface area (Å²) in [5, 5.41) is 14.9. The minimum Gasteiger partial charge on any atom is -0.492 e. The Labute approximate surface area is 181 Å². The molecule has 0 bridgehead atoms. The first-order chi connectivity index (χ1) is 15.1. The Morgan fingerprint density at radius 3 is 2.68 bits per heavy atom. The van der Waals surface area contributed by atoms with Crippen LogP contribution < -0.4 is 20.7 Å². The Bertz CT molecular complexity index is 1030. The lowest BCUT2D eigenvalue weighted by atomic mass is 9.90. The van der Waals surface area contributed by atoms with E-state index in [4.69, 9.17) is 10.5 Å². The number of rotatable bonds is 7. The maximum Gasteiger partial charge on any atom is 0.251 e. The monoisotopic (exact) mass is 421 g/mol. The molecule has 0 aliphatic carbocycles. The molecule has 0 radical (unpaired) electrons. The van der Waals surface area contributed by atoms with E-state index in [1.165, 1.54) is 0 Å². The summed E-state index contributed by atoms with van der Waals surface area (Å²) in [6.07, 6.45) is 6.47. The molecule has 31 heavy (non-hydrogen) atoms. The summed E-state index contributed by atoms with van der Waals surface area (Å²) in [4.78, 5) is 23.3. The van der Waals surface area contributed by atoms with Gasteiger partial charge in [0, 0.05) is 61.4 Å². The fraction of sp³-hybridized carbons (Fsp3) is 0.348. The van der Waals surface area contributed by atoms with Crippen molar-refractivity contribution >= 4 is 22.5 Å². The minimum atomic E-state index is -0.933. The second kappa shape index (κ2) is 9.28. The number of pyridine rings is 2. The molecule has 8 heteroatoms. The molecule has 1 aliphatic heterocycles. The number of fused-ring (bicyclic) bond motifs is 1. The SMILES string of the molecule is NCCOc1ccc(C(=O)NCC2(O)CCN(c3ccnc4ccncc34)CC2)cc1. The summed E-state index contributed by atoms with van der Waals surface area (Å²) in [5.41, 5.74) is 6.99. The highest BCUT2D eigenvalue weighted by molar-refractivity contribution is 5.94. The van der Waals surface area contributed by atoms with Crippen LogP contribution >= 0.6 is 0 Å². The standard InChI is InChI=1S/C23H27N5O3/c24-9-14-31-18-3-1-17(2-4-18)22(29)27-16-23(30)7-12-28(13-8-23)21-6-11-26-20-5-10-25-15-19(20)21/h1-6,10-11,15,30H,7-9,12-14,16,24H2,(H,27,29). The Morgan fingerprint density at radius 2 is 1.94 bits per heavy atom. The van der Waals surface area contributed by atoms with Crippen LogP contribution in [0.1, 0.15) is 23.2 Å². The zero-order chi connectivity index (χ0) is 21.7. The number of amides is 1. The summed E-state index contributed by atoms with van der Waals surface area (Å²) in [6.45, 7) is 2.46. The van der Waals surface area contributed by atoms with Gasteiger partial charge in [-0.05, 0) is 49.2 Å². The van der Waals surface area contributed by atoms with E-state index in [0.29, 0.717) is 50.4 Å². The molecular formula is C23H27N5O3. The van der Waals surface area contributed by atoms with Gasteiger partial charge in [0.05, 0.1) is 11.1 Å². The van der Waals surface area contributed by atoms with Gasteiger partial charge < -0.3 is 25.8 Å². The van der Waals surface area contributed by atoms with Crippen molar-refractivity contribution in [3.8, 4) is 5.75 Å². The van der Waals surface area contributed by atoms with Gasteiger partial charge in [0.2, 0.25) is 0 Å². The topological polar surface area (TPSA) is 114 Å². The molecule has 0 spiro atoms. The minimum absolute atomic E-state index is 0.212. The van der Waals surface area contributed by atoms with Crippen molar-refractivity contribution in [2.45, 2.75) is 18.4 Å². The molecular weight excluding hydrogens is 394 g/mol. The van der Waals surface area contributed by atoms with E-state index in [0.717, 1.165) is 16.6 Å². The largest absolute Gasteiger partial charge is 0.492 e.